The minimum absolute atomic E-state index is 0.00357. The Bertz CT molecular complexity index is 487. The minimum Gasteiger partial charge on any atom is -0.790 e. The molecule has 0 aliphatic carbocycles. The second kappa shape index (κ2) is 5.29. The average molecular weight is 256 g/mol. The van der Waals surface area contributed by atoms with Gasteiger partial charge in [0, 0.05) is 0 Å². The number of hydrogen-bond acceptors (Lipinski definition) is 2. The molecule has 0 saturated heterocycles. The van der Waals surface area contributed by atoms with E-state index in [4.69, 9.17) is 0 Å². The highest BCUT2D eigenvalue weighted by Gasteiger charge is 2.21. The van der Waals surface area contributed by atoms with Crippen LogP contribution in [0.15, 0.2) is 47.9 Å². The summed E-state index contributed by atoms with van der Waals surface area (Å²) in [7, 11) is 0. The van der Waals surface area contributed by atoms with E-state index in [0.29, 0.717) is 11.1 Å². The van der Waals surface area contributed by atoms with Crippen molar-refractivity contribution in [2.45, 2.75) is 18.3 Å². The second-order valence-corrected chi connectivity index (χ2v) is 3.99. The van der Waals surface area contributed by atoms with Gasteiger partial charge in [-0.05, 0) is 5.56 Å². The summed E-state index contributed by atoms with van der Waals surface area (Å²) in [4.78, 5) is 0. The molecule has 1 heterocycles. The van der Waals surface area contributed by atoms with Gasteiger partial charge in [0.2, 0.25) is 0 Å². The molecule has 2 rings (SSSR count). The van der Waals surface area contributed by atoms with Crippen LogP contribution in [0.4, 0.5) is 8.78 Å². The Kier molecular flexibility index (Phi) is 3.75. The van der Waals surface area contributed by atoms with Crippen molar-refractivity contribution >= 4 is 12.0 Å². The standard InChI is InChI=1S/C11H10F2N2OS/c12-10(13)15-7-6-14(11(15)17-16)8-9-4-2-1-3-5-9/h1-7,10H,8H2. The molecule has 0 unspecified atom stereocenters. The summed E-state index contributed by atoms with van der Waals surface area (Å²) >= 11 is 0.0722. The maximum atomic E-state index is 12.6. The molecule has 17 heavy (non-hydrogen) atoms. The minimum atomic E-state index is -2.69. The van der Waals surface area contributed by atoms with Crippen LogP contribution in [0.1, 0.15) is 12.1 Å². The number of halogens is 2. The number of rotatable bonds is 4. The molecule has 0 atom stereocenters. The molecule has 1 aromatic heterocycles. The van der Waals surface area contributed by atoms with Gasteiger partial charge in [0.25, 0.3) is 0 Å². The third kappa shape index (κ3) is 2.65. The second-order valence-electron chi connectivity index (χ2n) is 3.46. The highest BCUT2D eigenvalue weighted by atomic mass is 32.2. The first-order valence-electron chi connectivity index (χ1n) is 4.94. The van der Waals surface area contributed by atoms with Crippen molar-refractivity contribution in [1.82, 2.24) is 4.57 Å². The van der Waals surface area contributed by atoms with Gasteiger partial charge in [-0.2, -0.15) is 13.3 Å². The number of alkyl halides is 2. The van der Waals surface area contributed by atoms with E-state index < -0.39 is 6.55 Å². The molecule has 0 saturated carbocycles. The summed E-state index contributed by atoms with van der Waals surface area (Å²) in [6, 6.07) is 9.37. The predicted octanol–water partition coefficient (Wildman–Crippen LogP) is 2.44. The van der Waals surface area contributed by atoms with Crippen molar-refractivity contribution in [2.75, 3.05) is 0 Å². The fourth-order valence-corrected chi connectivity index (χ4v) is 2.02. The van der Waals surface area contributed by atoms with Crippen molar-refractivity contribution in [3.63, 3.8) is 0 Å². The van der Waals surface area contributed by atoms with Crippen molar-refractivity contribution in [2.24, 2.45) is 0 Å². The smallest absolute Gasteiger partial charge is 0.388 e. The van der Waals surface area contributed by atoms with Crippen molar-refractivity contribution in [1.29, 1.82) is 0 Å². The maximum absolute atomic E-state index is 12.6. The van der Waals surface area contributed by atoms with Gasteiger partial charge in [-0.25, -0.2) is 4.57 Å². The zero-order valence-electron chi connectivity index (χ0n) is 8.79. The van der Waals surface area contributed by atoms with Crippen molar-refractivity contribution < 1.29 is 17.9 Å². The monoisotopic (exact) mass is 256 g/mol. The third-order valence-corrected chi connectivity index (χ3v) is 2.95. The van der Waals surface area contributed by atoms with E-state index in [1.54, 1.807) is 0 Å². The molecule has 1 aromatic carbocycles. The van der Waals surface area contributed by atoms with Gasteiger partial charge in [-0.1, -0.05) is 30.3 Å². The molecule has 0 spiro atoms. The Hall–Kier alpha value is -1.40. The summed E-state index contributed by atoms with van der Waals surface area (Å²) in [6.45, 7) is -2.28. The molecule has 0 fully saturated rings. The number of aromatic nitrogens is 2. The van der Waals surface area contributed by atoms with Crippen LogP contribution < -0.4 is 4.57 Å². The summed E-state index contributed by atoms with van der Waals surface area (Å²) in [5.74, 6) is 0. The van der Waals surface area contributed by atoms with Crippen LogP contribution in [0.5, 0.6) is 0 Å². The molecule has 0 N–H and O–H groups in total. The Labute approximate surface area is 102 Å². The van der Waals surface area contributed by atoms with E-state index in [-0.39, 0.29) is 17.2 Å². The molecule has 6 heteroatoms. The summed E-state index contributed by atoms with van der Waals surface area (Å²) < 4.78 is 38.2. The summed E-state index contributed by atoms with van der Waals surface area (Å²) in [6.07, 6.45) is 2.70. The first-order chi connectivity index (χ1) is 8.22. The number of hydrogen-bond donors (Lipinski definition) is 0. The van der Waals surface area contributed by atoms with E-state index in [9.17, 15) is 13.3 Å². The van der Waals surface area contributed by atoms with Crippen LogP contribution in [0.2, 0.25) is 0 Å². The molecular weight excluding hydrogens is 246 g/mol. The first kappa shape index (κ1) is 12.1. The van der Waals surface area contributed by atoms with Gasteiger partial charge in [0.05, 0.1) is 0 Å². The Morgan fingerprint density at radius 3 is 2.59 bits per heavy atom. The molecule has 0 amide bonds. The zero-order chi connectivity index (χ0) is 12.3. The van der Waals surface area contributed by atoms with Gasteiger partial charge >= 0.3 is 11.7 Å². The lowest BCUT2D eigenvalue weighted by Gasteiger charge is -2.06. The lowest BCUT2D eigenvalue weighted by molar-refractivity contribution is -0.726. The topological polar surface area (TPSA) is 31.9 Å². The van der Waals surface area contributed by atoms with Gasteiger partial charge < -0.3 is 4.55 Å². The molecule has 0 bridgehead atoms. The molecule has 0 radical (unpaired) electrons. The van der Waals surface area contributed by atoms with Gasteiger partial charge in [0.15, 0.2) is 0 Å². The number of nitrogens with zero attached hydrogens (tertiary/aromatic N) is 2. The fraction of sp³-hybridized carbons (Fsp3) is 0.182. The maximum Gasteiger partial charge on any atom is 0.388 e. The molecule has 90 valence electrons. The zero-order valence-corrected chi connectivity index (χ0v) is 9.61. The fourth-order valence-electron chi connectivity index (χ4n) is 1.57. The van der Waals surface area contributed by atoms with E-state index in [1.165, 1.54) is 17.0 Å². The highest BCUT2D eigenvalue weighted by Crippen LogP contribution is 2.18. The van der Waals surface area contributed by atoms with Crippen molar-refractivity contribution in [3.8, 4) is 0 Å². The van der Waals surface area contributed by atoms with Gasteiger partial charge in [0.1, 0.15) is 18.9 Å². The molecule has 2 aromatic rings. The third-order valence-electron chi connectivity index (χ3n) is 2.35. The lowest BCUT2D eigenvalue weighted by atomic mass is 10.2. The summed E-state index contributed by atoms with van der Waals surface area (Å²) in [5, 5.41) is 0.00357. The van der Waals surface area contributed by atoms with Gasteiger partial charge in [-0.15, -0.1) is 12.0 Å². The Morgan fingerprint density at radius 1 is 1.29 bits per heavy atom. The van der Waals surface area contributed by atoms with Crippen LogP contribution in [0, 0.1) is 0 Å². The summed E-state index contributed by atoms with van der Waals surface area (Å²) in [5.41, 5.74) is 0.958. The normalized spacial score (nSPS) is 11.1. The molecule has 0 aliphatic rings. The van der Waals surface area contributed by atoms with E-state index in [2.05, 4.69) is 0 Å². The number of imidazole rings is 1. The SMILES string of the molecule is [O-]Sc1n(C(F)F)cc[n+]1Cc1ccccc1. The Morgan fingerprint density at radius 2 is 2.00 bits per heavy atom. The van der Waals surface area contributed by atoms with Gasteiger partial charge in [-0.3, -0.25) is 0 Å². The van der Waals surface area contributed by atoms with Crippen LogP contribution in [0.3, 0.4) is 0 Å². The Balaban J connectivity index is 2.28. The van der Waals surface area contributed by atoms with Crippen molar-refractivity contribution in [3.05, 3.63) is 48.3 Å². The molecule has 3 nitrogen and oxygen atoms in total. The van der Waals surface area contributed by atoms with Crippen LogP contribution in [-0.4, -0.2) is 9.12 Å². The van der Waals surface area contributed by atoms with Crippen LogP contribution in [-0.2, 0) is 6.54 Å². The van der Waals surface area contributed by atoms with Crippen LogP contribution >= 0.6 is 12.0 Å². The highest BCUT2D eigenvalue weighted by molar-refractivity contribution is 7.93. The molecular formula is C11H10F2N2OS. The predicted molar refractivity (Wildman–Crippen MR) is 58.1 cm³/mol. The molecule has 0 aliphatic heterocycles. The largest absolute Gasteiger partial charge is 0.790 e. The first-order valence-corrected chi connectivity index (χ1v) is 5.68. The quantitative estimate of drug-likeness (QED) is 0.621. The van der Waals surface area contributed by atoms with Crippen LogP contribution in [0.25, 0.3) is 0 Å². The number of benzene rings is 1. The van der Waals surface area contributed by atoms with E-state index in [1.807, 2.05) is 30.3 Å². The van der Waals surface area contributed by atoms with E-state index >= 15 is 0 Å². The average Bonchev–Trinajstić information content (AvgIpc) is 2.73. The van der Waals surface area contributed by atoms with E-state index in [0.717, 1.165) is 5.56 Å². The lowest BCUT2D eigenvalue weighted by Crippen LogP contribution is -2.35.